The van der Waals surface area contributed by atoms with Crippen LogP contribution in [0.25, 0.3) is 0 Å². The summed E-state index contributed by atoms with van der Waals surface area (Å²) in [5, 5.41) is 15.1. The van der Waals surface area contributed by atoms with Gasteiger partial charge in [-0.1, -0.05) is 65.6 Å². The molecule has 2 aromatic carbocycles. The summed E-state index contributed by atoms with van der Waals surface area (Å²) >= 11 is 2.84. The van der Waals surface area contributed by atoms with Gasteiger partial charge in [0.15, 0.2) is 4.34 Å². The molecule has 2 N–H and O–H groups in total. The summed E-state index contributed by atoms with van der Waals surface area (Å²) in [6.07, 6.45) is 2.12. The molecule has 4 rings (SSSR count). The van der Waals surface area contributed by atoms with E-state index in [1.807, 2.05) is 54.6 Å². The van der Waals surface area contributed by atoms with Crippen LogP contribution in [-0.2, 0) is 4.79 Å². The van der Waals surface area contributed by atoms with Crippen LogP contribution in [0.1, 0.15) is 23.7 Å². The standard InChI is InChI=1S/C20H20N4O2S2/c1-26-16-10-6-5-9-15(16)22-19-23-24-20(28-19)27-17(13-7-3-2-4-8-13)18(25)21-14-11-12-14/h2-10,14,17H,11-12H2,1H3,(H,21,25)(H,22,23). The second-order valence-electron chi connectivity index (χ2n) is 6.39. The van der Waals surface area contributed by atoms with Gasteiger partial charge in [0.25, 0.3) is 0 Å². The Morgan fingerprint density at radius 3 is 2.64 bits per heavy atom. The molecule has 1 aromatic heterocycles. The fraction of sp³-hybridized carbons (Fsp3) is 0.250. The molecule has 28 heavy (non-hydrogen) atoms. The highest BCUT2D eigenvalue weighted by molar-refractivity contribution is 8.01. The van der Waals surface area contributed by atoms with Crippen LogP contribution in [0.5, 0.6) is 5.75 Å². The van der Waals surface area contributed by atoms with Crippen LogP contribution in [0.15, 0.2) is 58.9 Å². The first-order valence-electron chi connectivity index (χ1n) is 8.98. The maximum atomic E-state index is 12.8. The summed E-state index contributed by atoms with van der Waals surface area (Å²) in [6.45, 7) is 0. The average Bonchev–Trinajstić information content (AvgIpc) is 3.43. The molecule has 6 nitrogen and oxygen atoms in total. The average molecular weight is 413 g/mol. The Bertz CT molecular complexity index is 944. The summed E-state index contributed by atoms with van der Waals surface area (Å²) in [5.41, 5.74) is 1.78. The largest absolute Gasteiger partial charge is 0.495 e. The minimum absolute atomic E-state index is 0.0214. The van der Waals surface area contributed by atoms with Crippen molar-refractivity contribution in [3.63, 3.8) is 0 Å². The fourth-order valence-corrected chi connectivity index (χ4v) is 4.64. The number of methoxy groups -OCH3 is 1. The molecule has 8 heteroatoms. The number of hydrogen-bond acceptors (Lipinski definition) is 7. The molecular formula is C20H20N4O2S2. The third kappa shape index (κ3) is 4.63. The van der Waals surface area contributed by atoms with E-state index >= 15 is 0 Å². The summed E-state index contributed by atoms with van der Waals surface area (Å²) in [7, 11) is 1.63. The number of benzene rings is 2. The molecule has 0 radical (unpaired) electrons. The number of nitrogens with zero attached hydrogens (tertiary/aromatic N) is 2. The van der Waals surface area contributed by atoms with E-state index in [9.17, 15) is 4.79 Å². The fourth-order valence-electron chi connectivity index (χ4n) is 2.68. The minimum atomic E-state index is -0.353. The SMILES string of the molecule is COc1ccccc1Nc1nnc(SC(C(=O)NC2CC2)c2ccccc2)s1. The Labute approximate surface area is 171 Å². The Hall–Kier alpha value is -2.58. The lowest BCUT2D eigenvalue weighted by molar-refractivity contribution is -0.120. The third-order valence-electron chi connectivity index (χ3n) is 4.24. The van der Waals surface area contributed by atoms with E-state index in [0.29, 0.717) is 11.2 Å². The molecule has 1 fully saturated rings. The third-order valence-corrected chi connectivity index (χ3v) is 6.42. The van der Waals surface area contributed by atoms with Crippen LogP contribution in [0, 0.1) is 0 Å². The van der Waals surface area contributed by atoms with E-state index in [0.717, 1.165) is 34.2 Å². The number of amides is 1. The Morgan fingerprint density at radius 1 is 1.14 bits per heavy atom. The van der Waals surface area contributed by atoms with Crippen LogP contribution < -0.4 is 15.4 Å². The van der Waals surface area contributed by atoms with Gasteiger partial charge in [0, 0.05) is 6.04 Å². The number of carbonyl (C=O) groups is 1. The summed E-state index contributed by atoms with van der Waals surface area (Å²) in [6, 6.07) is 17.7. The summed E-state index contributed by atoms with van der Waals surface area (Å²) in [5.74, 6) is 0.756. The number of para-hydroxylation sites is 2. The smallest absolute Gasteiger partial charge is 0.238 e. The number of nitrogens with one attached hydrogen (secondary N) is 2. The monoisotopic (exact) mass is 412 g/mol. The van der Waals surface area contributed by atoms with Crippen molar-refractivity contribution in [1.82, 2.24) is 15.5 Å². The minimum Gasteiger partial charge on any atom is -0.495 e. The van der Waals surface area contributed by atoms with Crippen molar-refractivity contribution in [3.05, 3.63) is 60.2 Å². The number of rotatable bonds is 8. The first kappa shape index (κ1) is 18.8. The van der Waals surface area contributed by atoms with Gasteiger partial charge in [0.05, 0.1) is 12.8 Å². The maximum Gasteiger partial charge on any atom is 0.238 e. The number of aromatic nitrogens is 2. The van der Waals surface area contributed by atoms with Crippen molar-refractivity contribution in [2.45, 2.75) is 28.5 Å². The van der Waals surface area contributed by atoms with E-state index < -0.39 is 0 Å². The zero-order chi connectivity index (χ0) is 19.3. The van der Waals surface area contributed by atoms with Gasteiger partial charge in [-0.05, 0) is 30.5 Å². The zero-order valence-corrected chi connectivity index (χ0v) is 16.9. The molecule has 1 heterocycles. The van der Waals surface area contributed by atoms with Crippen LogP contribution in [0.4, 0.5) is 10.8 Å². The zero-order valence-electron chi connectivity index (χ0n) is 15.3. The second kappa shape index (κ2) is 8.62. The topological polar surface area (TPSA) is 76.1 Å². The molecule has 1 aliphatic rings. The number of ether oxygens (including phenoxy) is 1. The molecule has 1 amide bonds. The quantitative estimate of drug-likeness (QED) is 0.534. The summed E-state index contributed by atoms with van der Waals surface area (Å²) < 4.78 is 6.09. The molecular weight excluding hydrogens is 392 g/mol. The molecule has 1 atom stereocenters. The molecule has 3 aromatic rings. The first-order valence-corrected chi connectivity index (χ1v) is 10.7. The molecule has 0 spiro atoms. The van der Waals surface area contributed by atoms with Gasteiger partial charge < -0.3 is 15.4 Å². The van der Waals surface area contributed by atoms with E-state index in [-0.39, 0.29) is 11.2 Å². The highest BCUT2D eigenvalue weighted by atomic mass is 32.2. The molecule has 144 valence electrons. The summed E-state index contributed by atoms with van der Waals surface area (Å²) in [4.78, 5) is 12.8. The van der Waals surface area contributed by atoms with Gasteiger partial charge in [0.2, 0.25) is 11.0 Å². The van der Waals surface area contributed by atoms with Crippen LogP contribution in [-0.4, -0.2) is 29.3 Å². The number of anilines is 2. The normalized spacial score (nSPS) is 14.3. The number of thioether (sulfide) groups is 1. The van der Waals surface area contributed by atoms with Gasteiger partial charge in [-0.25, -0.2) is 0 Å². The van der Waals surface area contributed by atoms with Crippen molar-refractivity contribution in [1.29, 1.82) is 0 Å². The molecule has 1 aliphatic carbocycles. The van der Waals surface area contributed by atoms with Gasteiger partial charge in [-0.3, -0.25) is 4.79 Å². The van der Waals surface area contributed by atoms with Crippen LogP contribution >= 0.6 is 23.1 Å². The number of carbonyl (C=O) groups excluding carboxylic acids is 1. The van der Waals surface area contributed by atoms with Crippen LogP contribution in [0.3, 0.4) is 0 Å². The number of hydrogen-bond donors (Lipinski definition) is 2. The molecule has 0 aliphatic heterocycles. The van der Waals surface area contributed by atoms with Crippen molar-refractivity contribution >= 4 is 39.8 Å². The van der Waals surface area contributed by atoms with Gasteiger partial charge >= 0.3 is 0 Å². The predicted octanol–water partition coefficient (Wildman–Crippen LogP) is 4.40. The van der Waals surface area contributed by atoms with Crippen LogP contribution in [0.2, 0.25) is 0 Å². The molecule has 1 saturated carbocycles. The molecule has 0 saturated heterocycles. The van der Waals surface area contributed by atoms with Crippen molar-refractivity contribution < 1.29 is 9.53 Å². The van der Waals surface area contributed by atoms with E-state index in [1.54, 1.807) is 7.11 Å². The Kier molecular flexibility index (Phi) is 5.78. The van der Waals surface area contributed by atoms with Crippen molar-refractivity contribution in [2.75, 3.05) is 12.4 Å². The Morgan fingerprint density at radius 2 is 1.89 bits per heavy atom. The highest BCUT2D eigenvalue weighted by Gasteiger charge is 2.30. The van der Waals surface area contributed by atoms with E-state index in [4.69, 9.17) is 4.74 Å². The van der Waals surface area contributed by atoms with Gasteiger partial charge in [-0.15, -0.1) is 10.2 Å². The lowest BCUT2D eigenvalue weighted by atomic mass is 10.1. The maximum absolute atomic E-state index is 12.8. The van der Waals surface area contributed by atoms with Gasteiger partial charge in [-0.2, -0.15) is 0 Å². The van der Waals surface area contributed by atoms with Gasteiger partial charge in [0.1, 0.15) is 11.0 Å². The van der Waals surface area contributed by atoms with E-state index in [1.165, 1.54) is 23.1 Å². The Balaban J connectivity index is 1.50. The molecule has 0 bridgehead atoms. The van der Waals surface area contributed by atoms with E-state index in [2.05, 4.69) is 20.8 Å². The first-order chi connectivity index (χ1) is 13.7. The van der Waals surface area contributed by atoms with Crippen molar-refractivity contribution in [3.8, 4) is 5.75 Å². The second-order valence-corrected chi connectivity index (χ2v) is 8.72. The lowest BCUT2D eigenvalue weighted by Gasteiger charge is -2.15. The molecule has 1 unspecified atom stereocenters. The predicted molar refractivity (Wildman–Crippen MR) is 112 cm³/mol. The lowest BCUT2D eigenvalue weighted by Crippen LogP contribution is -2.29. The highest BCUT2D eigenvalue weighted by Crippen LogP contribution is 2.39. The van der Waals surface area contributed by atoms with Crippen molar-refractivity contribution in [2.24, 2.45) is 0 Å².